The number of nitrogens with zero attached hydrogens (tertiary/aromatic N) is 4. The number of piperidine rings is 2. The minimum Gasteiger partial charge on any atom is -0.491 e. The maximum absolute atomic E-state index is 13.2. The number of carbonyl (C=O) groups is 4. The van der Waals surface area contributed by atoms with Crippen LogP contribution in [0.2, 0.25) is 0 Å². The number of hydrogen-bond acceptors (Lipinski definition) is 6. The lowest BCUT2D eigenvalue weighted by molar-refractivity contribution is -0.137. The number of nitrogens with one attached hydrogen (secondary N) is 1. The molecule has 0 bridgehead atoms. The Morgan fingerprint density at radius 2 is 1.97 bits per heavy atom. The number of imide groups is 1. The van der Waals surface area contributed by atoms with Gasteiger partial charge in [-0.2, -0.15) is 5.10 Å². The van der Waals surface area contributed by atoms with Crippen LogP contribution in [-0.2, 0) is 34.4 Å². The van der Waals surface area contributed by atoms with Gasteiger partial charge in [-0.3, -0.25) is 29.2 Å². The molecule has 2 aromatic rings. The third-order valence-electron chi connectivity index (χ3n) is 8.13. The molecule has 2 saturated heterocycles. The van der Waals surface area contributed by atoms with Crippen molar-refractivity contribution in [1.29, 1.82) is 0 Å². The molecule has 0 aliphatic carbocycles. The number of amides is 4. The SMILES string of the molecule is Cc1nn(C)c(C)c1CCC(=O)N1CCCC[C@@H]1COc1ccc2c(c1)CN(C1CCC(=O)NC1=O)C2=O. The van der Waals surface area contributed by atoms with Crippen molar-refractivity contribution in [1.82, 2.24) is 24.9 Å². The Kier molecular flexibility index (Phi) is 7.23. The summed E-state index contributed by atoms with van der Waals surface area (Å²) in [7, 11) is 1.92. The number of likely N-dealkylation sites (tertiary alicyclic amines) is 1. The Balaban J connectivity index is 1.20. The minimum absolute atomic E-state index is 0.00204. The highest BCUT2D eigenvalue weighted by atomic mass is 16.5. The topological polar surface area (TPSA) is 114 Å². The van der Waals surface area contributed by atoms with Crippen molar-refractivity contribution < 1.29 is 23.9 Å². The van der Waals surface area contributed by atoms with E-state index in [1.165, 1.54) is 4.90 Å². The third kappa shape index (κ3) is 5.04. The highest BCUT2D eigenvalue weighted by Gasteiger charge is 2.39. The summed E-state index contributed by atoms with van der Waals surface area (Å²) >= 11 is 0. The summed E-state index contributed by atoms with van der Waals surface area (Å²) in [5.74, 6) is -0.149. The standard InChI is InChI=1S/C28H35N5O5/c1-17-22(18(2)31(3)30-17)9-12-26(35)32-13-5-4-6-20(32)16-38-21-7-8-23-19(14-21)15-33(28(23)37)24-10-11-25(34)29-27(24)36/h7-8,14,20,24H,4-6,9-13,15-16H2,1-3H3,(H,29,34,36)/t20-,24?/m1/s1. The van der Waals surface area contributed by atoms with Crippen LogP contribution in [-0.4, -0.2) is 68.4 Å². The van der Waals surface area contributed by atoms with Gasteiger partial charge in [0.1, 0.15) is 18.4 Å². The van der Waals surface area contributed by atoms with Crippen LogP contribution in [0.25, 0.3) is 0 Å². The van der Waals surface area contributed by atoms with Crippen LogP contribution < -0.4 is 10.1 Å². The molecule has 0 radical (unpaired) electrons. The molecular formula is C28H35N5O5. The average molecular weight is 522 g/mol. The van der Waals surface area contributed by atoms with Gasteiger partial charge in [0.05, 0.1) is 11.7 Å². The molecule has 10 nitrogen and oxygen atoms in total. The Morgan fingerprint density at radius 3 is 2.71 bits per heavy atom. The lowest BCUT2D eigenvalue weighted by Crippen LogP contribution is -2.52. The molecule has 1 aromatic carbocycles. The first-order valence-electron chi connectivity index (χ1n) is 13.4. The Hall–Kier alpha value is -3.69. The number of aryl methyl sites for hydroxylation is 2. The zero-order valence-corrected chi connectivity index (χ0v) is 22.3. The molecule has 38 heavy (non-hydrogen) atoms. The predicted molar refractivity (Wildman–Crippen MR) is 138 cm³/mol. The predicted octanol–water partition coefficient (Wildman–Crippen LogP) is 2.19. The van der Waals surface area contributed by atoms with E-state index in [0.29, 0.717) is 43.7 Å². The van der Waals surface area contributed by atoms with Gasteiger partial charge >= 0.3 is 0 Å². The van der Waals surface area contributed by atoms with Gasteiger partial charge in [0, 0.05) is 44.2 Å². The van der Waals surface area contributed by atoms with E-state index in [1.54, 1.807) is 12.1 Å². The Labute approximate surface area is 222 Å². The average Bonchev–Trinajstić information content (AvgIpc) is 3.35. The van der Waals surface area contributed by atoms with Crippen LogP contribution in [0.1, 0.15) is 71.4 Å². The fourth-order valence-electron chi connectivity index (χ4n) is 5.89. The molecule has 0 saturated carbocycles. The van der Waals surface area contributed by atoms with E-state index in [2.05, 4.69) is 10.4 Å². The summed E-state index contributed by atoms with van der Waals surface area (Å²) in [5.41, 5.74) is 4.57. The number of rotatable bonds is 7. The van der Waals surface area contributed by atoms with Gasteiger partial charge in [-0.15, -0.1) is 0 Å². The second-order valence-corrected chi connectivity index (χ2v) is 10.5. The number of aromatic nitrogens is 2. The molecule has 5 rings (SSSR count). The molecule has 2 fully saturated rings. The van der Waals surface area contributed by atoms with Gasteiger partial charge in [0.25, 0.3) is 5.91 Å². The zero-order chi connectivity index (χ0) is 27.0. The van der Waals surface area contributed by atoms with E-state index >= 15 is 0 Å². The van der Waals surface area contributed by atoms with Crippen LogP contribution in [0.5, 0.6) is 5.75 Å². The van der Waals surface area contributed by atoms with Crippen molar-refractivity contribution in [3.63, 3.8) is 0 Å². The maximum Gasteiger partial charge on any atom is 0.255 e. The van der Waals surface area contributed by atoms with Crippen molar-refractivity contribution in [3.8, 4) is 5.75 Å². The molecule has 0 spiro atoms. The zero-order valence-electron chi connectivity index (χ0n) is 22.3. The van der Waals surface area contributed by atoms with Crippen LogP contribution in [0.4, 0.5) is 0 Å². The lowest BCUT2D eigenvalue weighted by Gasteiger charge is -2.35. The van der Waals surface area contributed by atoms with Crippen molar-refractivity contribution in [3.05, 3.63) is 46.3 Å². The molecule has 4 heterocycles. The lowest BCUT2D eigenvalue weighted by atomic mass is 10.0. The third-order valence-corrected chi connectivity index (χ3v) is 8.13. The van der Waals surface area contributed by atoms with Gasteiger partial charge in [-0.05, 0) is 75.3 Å². The Morgan fingerprint density at radius 1 is 1.16 bits per heavy atom. The number of carbonyl (C=O) groups excluding carboxylic acids is 4. The fourth-order valence-corrected chi connectivity index (χ4v) is 5.89. The minimum atomic E-state index is -0.641. The first-order valence-corrected chi connectivity index (χ1v) is 13.4. The van der Waals surface area contributed by atoms with E-state index in [4.69, 9.17) is 4.74 Å². The van der Waals surface area contributed by atoms with Crippen LogP contribution >= 0.6 is 0 Å². The second-order valence-electron chi connectivity index (χ2n) is 10.5. The number of benzene rings is 1. The van der Waals surface area contributed by atoms with Gasteiger partial charge in [0.15, 0.2) is 0 Å². The van der Waals surface area contributed by atoms with E-state index in [1.807, 2.05) is 36.5 Å². The van der Waals surface area contributed by atoms with E-state index in [0.717, 1.165) is 48.3 Å². The highest BCUT2D eigenvalue weighted by molar-refractivity contribution is 6.05. The van der Waals surface area contributed by atoms with Crippen molar-refractivity contribution in [2.75, 3.05) is 13.2 Å². The summed E-state index contributed by atoms with van der Waals surface area (Å²) < 4.78 is 8.01. The van der Waals surface area contributed by atoms with Gasteiger partial charge in [-0.1, -0.05) is 0 Å². The van der Waals surface area contributed by atoms with Crippen LogP contribution in [0.3, 0.4) is 0 Å². The molecule has 10 heteroatoms. The quantitative estimate of drug-likeness (QED) is 0.559. The van der Waals surface area contributed by atoms with E-state index in [-0.39, 0.29) is 30.2 Å². The molecule has 3 aliphatic heterocycles. The normalized spacial score (nSPS) is 21.5. The van der Waals surface area contributed by atoms with Crippen molar-refractivity contribution >= 4 is 23.6 Å². The molecule has 1 unspecified atom stereocenters. The first kappa shape index (κ1) is 25.9. The fraction of sp³-hybridized carbons (Fsp3) is 0.536. The monoisotopic (exact) mass is 521 g/mol. The number of fused-ring (bicyclic) bond motifs is 1. The van der Waals surface area contributed by atoms with Gasteiger partial charge in [-0.25, -0.2) is 0 Å². The molecular weight excluding hydrogens is 486 g/mol. The molecule has 4 amide bonds. The summed E-state index contributed by atoms with van der Waals surface area (Å²) in [6, 6.07) is 4.72. The molecule has 2 atom stereocenters. The molecule has 1 aromatic heterocycles. The van der Waals surface area contributed by atoms with Gasteiger partial charge < -0.3 is 14.5 Å². The van der Waals surface area contributed by atoms with Crippen molar-refractivity contribution in [2.45, 2.75) is 77.4 Å². The number of hydrogen-bond donors (Lipinski definition) is 1. The smallest absolute Gasteiger partial charge is 0.255 e. The summed E-state index contributed by atoms with van der Waals surface area (Å²) in [6.07, 6.45) is 4.62. The summed E-state index contributed by atoms with van der Waals surface area (Å²) in [4.78, 5) is 53.4. The Bertz CT molecular complexity index is 1280. The second kappa shape index (κ2) is 10.6. The highest BCUT2D eigenvalue weighted by Crippen LogP contribution is 2.30. The summed E-state index contributed by atoms with van der Waals surface area (Å²) in [6.45, 7) is 5.45. The van der Waals surface area contributed by atoms with E-state index < -0.39 is 11.9 Å². The van der Waals surface area contributed by atoms with Crippen molar-refractivity contribution in [2.24, 2.45) is 7.05 Å². The largest absolute Gasteiger partial charge is 0.491 e. The van der Waals surface area contributed by atoms with Gasteiger partial charge in [0.2, 0.25) is 17.7 Å². The maximum atomic E-state index is 13.2. The molecule has 1 N–H and O–H groups in total. The van der Waals surface area contributed by atoms with E-state index in [9.17, 15) is 19.2 Å². The first-order chi connectivity index (χ1) is 18.2. The van der Waals surface area contributed by atoms with Crippen LogP contribution in [0, 0.1) is 13.8 Å². The summed E-state index contributed by atoms with van der Waals surface area (Å²) in [5, 5.41) is 6.79. The molecule has 3 aliphatic rings. The number of ether oxygens (including phenoxy) is 1. The van der Waals surface area contributed by atoms with Crippen LogP contribution in [0.15, 0.2) is 18.2 Å². The molecule has 202 valence electrons.